The second-order valence-electron chi connectivity index (χ2n) is 5.07. The first-order valence-corrected chi connectivity index (χ1v) is 7.32. The highest BCUT2D eigenvalue weighted by molar-refractivity contribution is 6.30. The minimum atomic E-state index is 0.453. The number of ether oxygens (including phenoxy) is 1. The lowest BCUT2D eigenvalue weighted by molar-refractivity contribution is 0.457. The lowest BCUT2D eigenvalue weighted by Gasteiger charge is -2.32. The van der Waals surface area contributed by atoms with Crippen molar-refractivity contribution in [2.24, 2.45) is 0 Å². The van der Waals surface area contributed by atoms with E-state index >= 15 is 0 Å². The van der Waals surface area contributed by atoms with E-state index in [4.69, 9.17) is 16.3 Å². The van der Waals surface area contributed by atoms with Gasteiger partial charge in [-0.1, -0.05) is 11.6 Å². The number of aromatic nitrogens is 2. The van der Waals surface area contributed by atoms with Crippen LogP contribution in [0.2, 0.25) is 5.02 Å². The predicted molar refractivity (Wildman–Crippen MR) is 83.2 cm³/mol. The van der Waals surface area contributed by atoms with Crippen molar-refractivity contribution < 1.29 is 4.74 Å². The Morgan fingerprint density at radius 1 is 1.29 bits per heavy atom. The van der Waals surface area contributed by atoms with Crippen LogP contribution in [0.15, 0.2) is 36.7 Å². The molecule has 0 radical (unpaired) electrons. The van der Waals surface area contributed by atoms with Crippen molar-refractivity contribution in [2.75, 3.05) is 24.5 Å². The molecule has 1 aliphatic heterocycles. The Balaban J connectivity index is 1.75. The van der Waals surface area contributed by atoms with E-state index in [2.05, 4.69) is 27.1 Å². The van der Waals surface area contributed by atoms with Gasteiger partial charge in [-0.05, 0) is 31.2 Å². The fraction of sp³-hybridized carbons (Fsp3) is 0.333. The smallest absolute Gasteiger partial charge is 0.224 e. The molecule has 1 aromatic heterocycles. The summed E-state index contributed by atoms with van der Waals surface area (Å²) in [6, 6.07) is 9.53. The van der Waals surface area contributed by atoms with Crippen molar-refractivity contribution in [3.63, 3.8) is 0 Å². The van der Waals surface area contributed by atoms with Crippen molar-refractivity contribution in [3.05, 3.63) is 41.7 Å². The molecule has 2 aromatic rings. The van der Waals surface area contributed by atoms with Crippen molar-refractivity contribution in [2.45, 2.75) is 13.0 Å². The van der Waals surface area contributed by atoms with E-state index < -0.39 is 0 Å². The van der Waals surface area contributed by atoms with Crippen LogP contribution in [0.4, 0.5) is 5.82 Å². The molecule has 1 aliphatic rings. The largest absolute Gasteiger partial charge is 0.439 e. The molecule has 2 heterocycles. The van der Waals surface area contributed by atoms with Crippen LogP contribution < -0.4 is 15.0 Å². The Bertz CT molecular complexity index is 605. The summed E-state index contributed by atoms with van der Waals surface area (Å²) in [5.41, 5.74) is 0. The minimum absolute atomic E-state index is 0.453. The summed E-state index contributed by atoms with van der Waals surface area (Å²) < 4.78 is 5.74. The van der Waals surface area contributed by atoms with Gasteiger partial charge in [-0.25, -0.2) is 9.97 Å². The molecule has 1 unspecified atom stereocenters. The number of anilines is 1. The van der Waals surface area contributed by atoms with E-state index in [-0.39, 0.29) is 0 Å². The summed E-state index contributed by atoms with van der Waals surface area (Å²) in [7, 11) is 0. The zero-order valence-electron chi connectivity index (χ0n) is 11.8. The molecule has 1 aromatic carbocycles. The average Bonchev–Trinajstić information content (AvgIpc) is 2.50. The maximum absolute atomic E-state index is 5.86. The Morgan fingerprint density at radius 2 is 2.10 bits per heavy atom. The Hall–Kier alpha value is -1.85. The second-order valence-corrected chi connectivity index (χ2v) is 5.51. The molecule has 21 heavy (non-hydrogen) atoms. The highest BCUT2D eigenvalue weighted by Gasteiger charge is 2.17. The first kappa shape index (κ1) is 14.1. The molecule has 0 amide bonds. The van der Waals surface area contributed by atoms with E-state index in [1.165, 1.54) is 6.33 Å². The Kier molecular flexibility index (Phi) is 4.22. The normalized spacial score (nSPS) is 18.6. The summed E-state index contributed by atoms with van der Waals surface area (Å²) in [4.78, 5) is 10.7. The third-order valence-corrected chi connectivity index (χ3v) is 3.61. The highest BCUT2D eigenvalue weighted by Crippen LogP contribution is 2.24. The number of hydrogen-bond donors (Lipinski definition) is 1. The monoisotopic (exact) mass is 304 g/mol. The second kappa shape index (κ2) is 6.28. The average molecular weight is 305 g/mol. The molecule has 6 heteroatoms. The molecule has 1 fully saturated rings. The van der Waals surface area contributed by atoms with Crippen LogP contribution in [-0.2, 0) is 0 Å². The van der Waals surface area contributed by atoms with Gasteiger partial charge in [0.15, 0.2) is 0 Å². The number of halogens is 1. The molecular weight excluding hydrogens is 288 g/mol. The summed E-state index contributed by atoms with van der Waals surface area (Å²) >= 11 is 5.86. The third-order valence-electron chi connectivity index (χ3n) is 3.36. The number of rotatable bonds is 3. The fourth-order valence-corrected chi connectivity index (χ4v) is 2.45. The van der Waals surface area contributed by atoms with Gasteiger partial charge >= 0.3 is 0 Å². The van der Waals surface area contributed by atoms with E-state index in [1.807, 2.05) is 18.2 Å². The molecular formula is C15H17ClN4O. The number of nitrogens with one attached hydrogen (secondary N) is 1. The lowest BCUT2D eigenvalue weighted by Crippen LogP contribution is -2.49. The maximum Gasteiger partial charge on any atom is 0.224 e. The number of hydrogen-bond acceptors (Lipinski definition) is 5. The number of nitrogens with zero attached hydrogens (tertiary/aromatic N) is 3. The zero-order chi connectivity index (χ0) is 14.7. The van der Waals surface area contributed by atoms with Crippen LogP contribution in [0.25, 0.3) is 0 Å². The summed E-state index contributed by atoms with van der Waals surface area (Å²) in [5.74, 6) is 2.13. The van der Waals surface area contributed by atoms with E-state index in [9.17, 15) is 0 Å². The van der Waals surface area contributed by atoms with Gasteiger partial charge < -0.3 is 15.0 Å². The molecule has 3 rings (SSSR count). The van der Waals surface area contributed by atoms with Crippen LogP contribution >= 0.6 is 11.6 Å². The van der Waals surface area contributed by atoms with Crippen molar-refractivity contribution in [1.29, 1.82) is 0 Å². The van der Waals surface area contributed by atoms with Gasteiger partial charge in [0.05, 0.1) is 0 Å². The van der Waals surface area contributed by atoms with E-state index in [0.29, 0.717) is 22.7 Å². The molecule has 110 valence electrons. The highest BCUT2D eigenvalue weighted by atomic mass is 35.5. The van der Waals surface area contributed by atoms with Crippen LogP contribution in [0.3, 0.4) is 0 Å². The first-order valence-electron chi connectivity index (χ1n) is 6.94. The molecule has 0 spiro atoms. The Labute approximate surface area is 128 Å². The summed E-state index contributed by atoms with van der Waals surface area (Å²) in [6.45, 7) is 4.98. The SMILES string of the molecule is CC1CN(c2cc(Oc3ccc(Cl)cc3)ncn2)CCN1. The Morgan fingerprint density at radius 3 is 2.86 bits per heavy atom. The summed E-state index contributed by atoms with van der Waals surface area (Å²) in [5, 5.41) is 4.09. The first-order chi connectivity index (χ1) is 10.2. The maximum atomic E-state index is 5.86. The van der Waals surface area contributed by atoms with E-state index in [1.54, 1.807) is 12.1 Å². The molecule has 1 saturated heterocycles. The molecule has 1 N–H and O–H groups in total. The molecule has 0 aliphatic carbocycles. The van der Waals surface area contributed by atoms with Gasteiger partial charge in [-0.15, -0.1) is 0 Å². The van der Waals surface area contributed by atoms with Gasteiger partial charge in [-0.3, -0.25) is 0 Å². The van der Waals surface area contributed by atoms with Crippen LogP contribution in [-0.4, -0.2) is 35.6 Å². The van der Waals surface area contributed by atoms with Crippen molar-refractivity contribution in [3.8, 4) is 11.6 Å². The fourth-order valence-electron chi connectivity index (χ4n) is 2.32. The molecule has 0 saturated carbocycles. The van der Waals surface area contributed by atoms with Crippen LogP contribution in [0.5, 0.6) is 11.6 Å². The van der Waals surface area contributed by atoms with Crippen LogP contribution in [0, 0.1) is 0 Å². The third kappa shape index (κ3) is 3.62. The van der Waals surface area contributed by atoms with Gasteiger partial charge in [0, 0.05) is 36.8 Å². The molecule has 5 nitrogen and oxygen atoms in total. The minimum Gasteiger partial charge on any atom is -0.439 e. The van der Waals surface area contributed by atoms with Gasteiger partial charge in [0.1, 0.15) is 17.9 Å². The van der Waals surface area contributed by atoms with Gasteiger partial charge in [0.2, 0.25) is 5.88 Å². The van der Waals surface area contributed by atoms with Gasteiger partial charge in [-0.2, -0.15) is 0 Å². The topological polar surface area (TPSA) is 50.3 Å². The van der Waals surface area contributed by atoms with Crippen molar-refractivity contribution in [1.82, 2.24) is 15.3 Å². The van der Waals surface area contributed by atoms with Crippen LogP contribution in [0.1, 0.15) is 6.92 Å². The van der Waals surface area contributed by atoms with Gasteiger partial charge in [0.25, 0.3) is 0 Å². The lowest BCUT2D eigenvalue weighted by atomic mass is 10.2. The molecule has 0 bridgehead atoms. The molecule has 1 atom stereocenters. The standard InChI is InChI=1S/C15H17ClN4O/c1-11-9-20(7-6-17-11)14-8-15(19-10-18-14)21-13-4-2-12(16)3-5-13/h2-5,8,10-11,17H,6-7,9H2,1H3. The predicted octanol–water partition coefficient (Wildman–Crippen LogP) is 2.72. The number of piperazine rings is 1. The zero-order valence-corrected chi connectivity index (χ0v) is 12.5. The number of benzene rings is 1. The summed E-state index contributed by atoms with van der Waals surface area (Å²) in [6.07, 6.45) is 1.54. The van der Waals surface area contributed by atoms with Crippen molar-refractivity contribution >= 4 is 17.4 Å². The quantitative estimate of drug-likeness (QED) is 0.945. The van der Waals surface area contributed by atoms with E-state index in [0.717, 1.165) is 25.5 Å².